The average Bonchev–Trinajstić information content (AvgIpc) is 2.07. The summed E-state index contributed by atoms with van der Waals surface area (Å²) in [7, 11) is -8.25. The van der Waals surface area contributed by atoms with Gasteiger partial charge in [0.15, 0.2) is 25.0 Å². The standard InChI is InChI=1S/C12H33ClO3Si4/c1-11-12(13)20(14-17(2,3)4,15-18(5,6)7)16-19(8,9)10/h12H,11H2,1-10H3. The van der Waals surface area contributed by atoms with E-state index >= 15 is 0 Å². The van der Waals surface area contributed by atoms with Crippen LogP contribution in [0, 0.1) is 0 Å². The molecule has 0 aromatic heterocycles. The van der Waals surface area contributed by atoms with Crippen LogP contribution >= 0.6 is 11.6 Å². The molecule has 0 radical (unpaired) electrons. The molecule has 0 fully saturated rings. The van der Waals surface area contributed by atoms with E-state index in [1.54, 1.807) is 0 Å². The van der Waals surface area contributed by atoms with Crippen LogP contribution in [0.1, 0.15) is 13.3 Å². The molecule has 0 N–H and O–H groups in total. The summed E-state index contributed by atoms with van der Waals surface area (Å²) in [6, 6.07) is 0. The summed E-state index contributed by atoms with van der Waals surface area (Å²) in [5.74, 6) is 0. The number of halogens is 1. The first-order chi connectivity index (χ1) is 8.60. The lowest BCUT2D eigenvalue weighted by molar-refractivity contribution is 0.247. The van der Waals surface area contributed by atoms with Crippen LogP contribution in [0.2, 0.25) is 58.9 Å². The van der Waals surface area contributed by atoms with Gasteiger partial charge in [-0.2, -0.15) is 0 Å². The summed E-state index contributed by atoms with van der Waals surface area (Å²) in [6.07, 6.45) is 0.813. The zero-order valence-electron chi connectivity index (χ0n) is 14.9. The maximum Gasteiger partial charge on any atom is 0.488 e. The van der Waals surface area contributed by atoms with Gasteiger partial charge in [0.2, 0.25) is 0 Å². The fourth-order valence-electron chi connectivity index (χ4n) is 1.78. The molecule has 0 heterocycles. The zero-order chi connectivity index (χ0) is 16.4. The highest BCUT2D eigenvalue weighted by atomic mass is 35.5. The molecule has 122 valence electrons. The summed E-state index contributed by atoms with van der Waals surface area (Å²) < 4.78 is 19.5. The van der Waals surface area contributed by atoms with E-state index in [1.807, 2.05) is 0 Å². The highest BCUT2D eigenvalue weighted by Crippen LogP contribution is 2.32. The van der Waals surface area contributed by atoms with Crippen LogP contribution in [0.5, 0.6) is 0 Å². The van der Waals surface area contributed by atoms with Crippen LogP contribution in [0.25, 0.3) is 0 Å². The van der Waals surface area contributed by atoms with Crippen molar-refractivity contribution >= 4 is 45.4 Å². The number of alkyl halides is 1. The smallest absolute Gasteiger partial charge is 0.416 e. The molecule has 0 saturated heterocycles. The van der Waals surface area contributed by atoms with Crippen molar-refractivity contribution in [2.45, 2.75) is 77.3 Å². The predicted molar refractivity (Wildman–Crippen MR) is 99.0 cm³/mol. The van der Waals surface area contributed by atoms with Crippen molar-refractivity contribution in [3.05, 3.63) is 0 Å². The fourth-order valence-corrected chi connectivity index (χ4v) is 16.9. The summed E-state index contributed by atoms with van der Waals surface area (Å²) in [6.45, 7) is 21.7. The van der Waals surface area contributed by atoms with Crippen molar-refractivity contribution < 1.29 is 12.3 Å². The van der Waals surface area contributed by atoms with Crippen LogP contribution < -0.4 is 0 Å². The van der Waals surface area contributed by atoms with Crippen LogP contribution in [0.15, 0.2) is 0 Å². The lowest BCUT2D eigenvalue weighted by Crippen LogP contribution is -2.65. The van der Waals surface area contributed by atoms with Crippen molar-refractivity contribution in [1.29, 1.82) is 0 Å². The summed E-state index contributed by atoms with van der Waals surface area (Å²) in [5.41, 5.74) is 0. The molecule has 0 aliphatic carbocycles. The fraction of sp³-hybridized carbons (Fsp3) is 1.00. The van der Waals surface area contributed by atoms with Crippen molar-refractivity contribution in [3.8, 4) is 0 Å². The van der Waals surface area contributed by atoms with Gasteiger partial charge in [-0.1, -0.05) is 6.92 Å². The van der Waals surface area contributed by atoms with Gasteiger partial charge in [-0.25, -0.2) is 0 Å². The summed E-state index contributed by atoms with van der Waals surface area (Å²) >= 11 is 6.66. The van der Waals surface area contributed by atoms with Crippen LogP contribution in [0.3, 0.4) is 0 Å². The molecule has 0 aliphatic heterocycles. The Morgan fingerprint density at radius 2 is 0.950 bits per heavy atom. The Morgan fingerprint density at radius 3 is 1.10 bits per heavy atom. The highest BCUT2D eigenvalue weighted by molar-refractivity contribution is 6.93. The Hall–Kier alpha value is 1.04. The molecule has 8 heteroatoms. The van der Waals surface area contributed by atoms with E-state index < -0.39 is 33.8 Å². The van der Waals surface area contributed by atoms with E-state index in [9.17, 15) is 0 Å². The quantitative estimate of drug-likeness (QED) is 0.441. The number of hydrogen-bond donors (Lipinski definition) is 0. The van der Waals surface area contributed by atoms with Gasteiger partial charge in [0.05, 0.1) is 0 Å². The molecule has 0 aromatic carbocycles. The lowest BCUT2D eigenvalue weighted by Gasteiger charge is -2.44. The van der Waals surface area contributed by atoms with Crippen LogP contribution in [-0.4, -0.2) is 38.8 Å². The van der Waals surface area contributed by atoms with Gasteiger partial charge in [0.25, 0.3) is 0 Å². The zero-order valence-corrected chi connectivity index (χ0v) is 19.6. The molecular formula is C12H33ClO3Si4. The van der Waals surface area contributed by atoms with Crippen LogP contribution in [0.4, 0.5) is 0 Å². The van der Waals surface area contributed by atoms with E-state index in [0.29, 0.717) is 0 Å². The molecule has 1 unspecified atom stereocenters. The first-order valence-corrected chi connectivity index (χ1v) is 19.8. The molecular weight excluding hydrogens is 340 g/mol. The molecule has 0 aromatic rings. The Morgan fingerprint density at radius 1 is 0.700 bits per heavy atom. The Balaban J connectivity index is 5.63. The Labute approximate surface area is 135 Å². The SMILES string of the molecule is CCC(Cl)[Si](O[Si](C)(C)C)(O[Si](C)(C)C)O[Si](C)(C)C. The first-order valence-electron chi connectivity index (χ1n) is 7.35. The Kier molecular flexibility index (Phi) is 7.44. The average molecular weight is 373 g/mol. The second-order valence-corrected chi connectivity index (χ2v) is 26.0. The van der Waals surface area contributed by atoms with Crippen molar-refractivity contribution in [2.24, 2.45) is 0 Å². The summed E-state index contributed by atoms with van der Waals surface area (Å²) in [4.78, 5) is 0. The van der Waals surface area contributed by atoms with Crippen molar-refractivity contribution in [2.75, 3.05) is 0 Å². The second-order valence-electron chi connectivity index (χ2n) is 8.12. The van der Waals surface area contributed by atoms with Crippen molar-refractivity contribution in [3.63, 3.8) is 0 Å². The molecule has 0 bridgehead atoms. The number of rotatable bonds is 8. The maximum absolute atomic E-state index is 6.66. The minimum Gasteiger partial charge on any atom is -0.416 e. The van der Waals surface area contributed by atoms with Crippen molar-refractivity contribution in [1.82, 2.24) is 0 Å². The minimum atomic E-state index is -2.85. The molecule has 1 atom stereocenters. The second kappa shape index (κ2) is 7.08. The molecule has 0 rings (SSSR count). The summed E-state index contributed by atoms with van der Waals surface area (Å²) in [5, 5.41) is -0.160. The monoisotopic (exact) mass is 372 g/mol. The molecule has 0 aliphatic rings. The third-order valence-corrected chi connectivity index (χ3v) is 15.1. The van der Waals surface area contributed by atoms with E-state index in [1.165, 1.54) is 0 Å². The van der Waals surface area contributed by atoms with E-state index in [4.69, 9.17) is 23.9 Å². The molecule has 0 amide bonds. The molecule has 3 nitrogen and oxygen atoms in total. The number of hydrogen-bond acceptors (Lipinski definition) is 3. The van der Waals surface area contributed by atoms with Gasteiger partial charge >= 0.3 is 8.80 Å². The van der Waals surface area contributed by atoms with Crippen LogP contribution in [-0.2, 0) is 12.3 Å². The minimum absolute atomic E-state index is 0.160. The Bertz CT molecular complexity index is 267. The van der Waals surface area contributed by atoms with E-state index in [-0.39, 0.29) is 5.00 Å². The van der Waals surface area contributed by atoms with Gasteiger partial charge in [-0.05, 0) is 65.3 Å². The lowest BCUT2D eigenvalue weighted by atomic mass is 10.6. The molecule has 0 spiro atoms. The molecule has 20 heavy (non-hydrogen) atoms. The largest absolute Gasteiger partial charge is 0.488 e. The van der Waals surface area contributed by atoms with Gasteiger partial charge in [0.1, 0.15) is 5.00 Å². The van der Waals surface area contributed by atoms with Gasteiger partial charge in [-0.3, -0.25) is 0 Å². The first kappa shape index (κ1) is 21.0. The van der Waals surface area contributed by atoms with Gasteiger partial charge in [0, 0.05) is 0 Å². The third-order valence-electron chi connectivity index (χ3n) is 2.09. The van der Waals surface area contributed by atoms with Gasteiger partial charge < -0.3 is 12.3 Å². The molecule has 0 saturated carbocycles. The topological polar surface area (TPSA) is 27.7 Å². The maximum atomic E-state index is 6.66. The van der Waals surface area contributed by atoms with E-state index in [0.717, 1.165) is 6.42 Å². The third kappa shape index (κ3) is 8.47. The highest BCUT2D eigenvalue weighted by Gasteiger charge is 2.54. The normalized spacial score (nSPS) is 16.4. The van der Waals surface area contributed by atoms with E-state index in [2.05, 4.69) is 65.8 Å². The predicted octanol–water partition coefficient (Wildman–Crippen LogP) is 5.04. The van der Waals surface area contributed by atoms with Gasteiger partial charge in [-0.15, -0.1) is 11.6 Å².